The van der Waals surface area contributed by atoms with Crippen LogP contribution in [0.5, 0.6) is 0 Å². The van der Waals surface area contributed by atoms with Crippen LogP contribution >= 0.6 is 69.6 Å². The molecule has 4 N–H and O–H groups in total. The fourth-order valence-electron chi connectivity index (χ4n) is 5.45. The zero-order valence-corrected chi connectivity index (χ0v) is 37.3. The summed E-state index contributed by atoms with van der Waals surface area (Å²) >= 11 is 36.5. The Kier molecular flexibility index (Phi) is 15.9. The van der Waals surface area contributed by atoms with Gasteiger partial charge in [-0.05, 0) is 124 Å². The van der Waals surface area contributed by atoms with Crippen molar-refractivity contribution in [1.82, 2.24) is 0 Å². The number of benzene rings is 5. The minimum absolute atomic E-state index is 0.0902. The number of ketones is 2. The molecular weight excluding hydrogens is 925 g/mol. The Bertz CT molecular complexity index is 2530. The first-order chi connectivity index (χ1) is 29.3. The van der Waals surface area contributed by atoms with E-state index >= 15 is 0 Å². The van der Waals surface area contributed by atoms with E-state index in [1.165, 1.54) is 74.5 Å². The van der Waals surface area contributed by atoms with Crippen molar-refractivity contribution in [1.29, 1.82) is 0 Å². The number of hydrogen-bond donors (Lipinski definition) is 4. The number of carbonyl (C=O) groups is 6. The number of azo groups is 2. The molecule has 0 aromatic heterocycles. The molecule has 0 fully saturated rings. The molecule has 4 amide bonds. The van der Waals surface area contributed by atoms with Gasteiger partial charge in [-0.15, -0.1) is 0 Å². The van der Waals surface area contributed by atoms with Crippen molar-refractivity contribution in [3.05, 3.63) is 137 Å². The molecule has 62 heavy (non-hydrogen) atoms. The van der Waals surface area contributed by atoms with Gasteiger partial charge < -0.3 is 21.3 Å². The highest BCUT2D eigenvalue weighted by Gasteiger charge is 2.26. The molecule has 5 aromatic rings. The molecule has 20 heteroatoms. The van der Waals surface area contributed by atoms with Crippen LogP contribution in [-0.4, -0.2) is 47.3 Å². The fourth-order valence-corrected chi connectivity index (χ4v) is 6.51. The summed E-state index contributed by atoms with van der Waals surface area (Å²) in [6, 6.07) is 17.3. The van der Waals surface area contributed by atoms with Crippen molar-refractivity contribution >= 4 is 139 Å². The molecule has 0 aliphatic heterocycles. The van der Waals surface area contributed by atoms with Crippen LogP contribution in [0, 0.1) is 13.8 Å². The molecule has 0 saturated heterocycles. The van der Waals surface area contributed by atoms with Gasteiger partial charge in [-0.3, -0.25) is 28.8 Å². The molecule has 0 heterocycles. The lowest BCUT2D eigenvalue weighted by molar-refractivity contribution is -0.127. The zero-order chi connectivity index (χ0) is 45.4. The summed E-state index contributed by atoms with van der Waals surface area (Å²) in [5.74, 6) is -3.98. The quantitative estimate of drug-likeness (QED) is 0.0630. The van der Waals surface area contributed by atoms with Gasteiger partial charge in [0.15, 0.2) is 11.6 Å². The highest BCUT2D eigenvalue weighted by molar-refractivity contribution is 6.42. The van der Waals surface area contributed by atoms with Crippen molar-refractivity contribution < 1.29 is 28.8 Å². The minimum atomic E-state index is -1.59. The van der Waals surface area contributed by atoms with Crippen molar-refractivity contribution in [3.8, 4) is 0 Å². The summed E-state index contributed by atoms with van der Waals surface area (Å²) in [6.45, 7) is 5.61. The van der Waals surface area contributed by atoms with E-state index in [1.54, 1.807) is 38.1 Å². The van der Waals surface area contributed by atoms with Crippen LogP contribution in [0.1, 0.15) is 45.7 Å². The highest BCUT2D eigenvalue weighted by Crippen LogP contribution is 2.30. The second-order valence-corrected chi connectivity index (χ2v) is 16.0. The Labute approximate surface area is 384 Å². The highest BCUT2D eigenvalue weighted by atomic mass is 35.5. The summed E-state index contributed by atoms with van der Waals surface area (Å²) in [4.78, 5) is 77.8. The SMILES string of the molecule is CC(=O)C(N=Nc1cc(Cl)cc(C(=O)Nc2ccc(Cl)c(Cl)c2)c1)C(=O)Nc1cc(C)c(NC(=O)C(N=Nc2cc(Cl)cc(C(=O)Nc3ccc(Cl)c(Cl)c3)c2)C(C)=O)cc1C. The number of carbonyl (C=O) groups excluding carboxylic acids is 6. The van der Waals surface area contributed by atoms with Gasteiger partial charge in [-0.25, -0.2) is 0 Å². The van der Waals surface area contributed by atoms with E-state index in [9.17, 15) is 28.8 Å². The Morgan fingerprint density at radius 1 is 0.468 bits per heavy atom. The van der Waals surface area contributed by atoms with Gasteiger partial charge in [0, 0.05) is 43.9 Å². The topological polar surface area (TPSA) is 200 Å². The molecule has 5 aromatic carbocycles. The van der Waals surface area contributed by atoms with Gasteiger partial charge in [0.25, 0.3) is 23.6 Å². The van der Waals surface area contributed by atoms with E-state index in [1.807, 2.05) is 0 Å². The number of hydrogen-bond acceptors (Lipinski definition) is 10. The van der Waals surface area contributed by atoms with Gasteiger partial charge in [0.2, 0.25) is 12.1 Å². The van der Waals surface area contributed by atoms with Gasteiger partial charge in [-0.1, -0.05) is 69.6 Å². The number of nitrogens with one attached hydrogen (secondary N) is 4. The van der Waals surface area contributed by atoms with Crippen LogP contribution in [-0.2, 0) is 19.2 Å². The van der Waals surface area contributed by atoms with Crippen molar-refractivity contribution in [2.45, 2.75) is 39.8 Å². The summed E-state index contributed by atoms with van der Waals surface area (Å²) in [6.07, 6.45) is 0. The maximum atomic E-state index is 13.4. The van der Waals surface area contributed by atoms with Crippen molar-refractivity contribution in [2.75, 3.05) is 21.3 Å². The number of anilines is 4. The average Bonchev–Trinajstić information content (AvgIpc) is 3.19. The smallest absolute Gasteiger partial charge is 0.258 e. The Morgan fingerprint density at radius 2 is 0.839 bits per heavy atom. The third-order valence-corrected chi connectivity index (χ3v) is 10.5. The van der Waals surface area contributed by atoms with Gasteiger partial charge >= 0.3 is 0 Å². The van der Waals surface area contributed by atoms with Crippen LogP contribution in [0.25, 0.3) is 0 Å². The van der Waals surface area contributed by atoms with Crippen molar-refractivity contribution in [3.63, 3.8) is 0 Å². The molecule has 5 rings (SSSR count). The van der Waals surface area contributed by atoms with E-state index < -0.39 is 47.3 Å². The maximum absolute atomic E-state index is 13.4. The summed E-state index contributed by atoms with van der Waals surface area (Å²) in [5.41, 5.74) is 2.67. The number of aryl methyl sites for hydroxylation is 2. The minimum Gasteiger partial charge on any atom is -0.324 e. The lowest BCUT2D eigenvalue weighted by atomic mass is 10.1. The molecule has 2 unspecified atom stereocenters. The number of halogens is 6. The van der Waals surface area contributed by atoms with Crippen molar-refractivity contribution in [2.24, 2.45) is 20.5 Å². The third kappa shape index (κ3) is 12.7. The predicted octanol–water partition coefficient (Wildman–Crippen LogP) is 12.1. The lowest BCUT2D eigenvalue weighted by Crippen LogP contribution is -2.32. The largest absolute Gasteiger partial charge is 0.324 e. The standard InChI is InChI=1S/C42H32Cl6N8O6/c1-19-9-36(52-42(62)38(22(4)58)56-54-30-14-24(12-26(44)16-30)40(60)50-28-6-8-32(46)34(48)18-28)20(2)10-35(19)51-41(61)37(21(3)57)55-53-29-13-23(11-25(43)15-29)39(59)49-27-5-7-31(45)33(47)17-27/h5-18,37-38H,1-4H3,(H,49,59)(H,50,60)(H,51,61)(H,52,62). The molecule has 0 spiro atoms. The van der Waals surface area contributed by atoms with Crippen LogP contribution in [0.15, 0.2) is 105 Å². The Hall–Kier alpha value is -5.74. The first-order valence-corrected chi connectivity index (χ1v) is 20.2. The van der Waals surface area contributed by atoms with E-state index in [-0.39, 0.29) is 42.6 Å². The van der Waals surface area contributed by atoms with E-state index in [0.717, 1.165) is 0 Å². The third-order valence-electron chi connectivity index (χ3n) is 8.58. The first kappa shape index (κ1) is 47.3. The molecule has 318 valence electrons. The molecule has 0 saturated carbocycles. The molecule has 0 aliphatic carbocycles. The first-order valence-electron chi connectivity index (χ1n) is 18.0. The number of Topliss-reactive ketones (excluding diaryl/α,β-unsaturated/α-hetero) is 2. The second-order valence-electron chi connectivity index (χ2n) is 13.5. The summed E-state index contributed by atoms with van der Waals surface area (Å²) in [5, 5.41) is 28.0. The van der Waals surface area contributed by atoms with Crippen LogP contribution in [0.2, 0.25) is 30.1 Å². The van der Waals surface area contributed by atoms with Gasteiger partial charge in [-0.2, -0.15) is 20.5 Å². The molecular formula is C42H32Cl6N8O6. The molecule has 0 bridgehead atoms. The molecule has 2 atom stereocenters. The molecule has 14 nitrogen and oxygen atoms in total. The Morgan fingerprint density at radius 3 is 1.18 bits per heavy atom. The lowest BCUT2D eigenvalue weighted by Gasteiger charge is -2.16. The van der Waals surface area contributed by atoms with Gasteiger partial charge in [0.05, 0.1) is 31.5 Å². The normalized spacial score (nSPS) is 12.2. The Balaban J connectivity index is 1.26. The predicted molar refractivity (Wildman–Crippen MR) is 243 cm³/mol. The average molecular weight is 957 g/mol. The second kappa shape index (κ2) is 20.9. The molecule has 0 radical (unpaired) electrons. The van der Waals surface area contributed by atoms with E-state index in [0.29, 0.717) is 43.9 Å². The van der Waals surface area contributed by atoms with E-state index in [4.69, 9.17) is 69.6 Å². The monoisotopic (exact) mass is 954 g/mol. The molecule has 0 aliphatic rings. The number of amides is 4. The van der Waals surface area contributed by atoms with E-state index in [2.05, 4.69) is 41.7 Å². The van der Waals surface area contributed by atoms with Crippen LogP contribution in [0.4, 0.5) is 34.1 Å². The summed E-state index contributed by atoms with van der Waals surface area (Å²) in [7, 11) is 0. The number of nitrogens with zero attached hydrogens (tertiary/aromatic N) is 4. The summed E-state index contributed by atoms with van der Waals surface area (Å²) < 4.78 is 0. The van der Waals surface area contributed by atoms with Crippen LogP contribution < -0.4 is 21.3 Å². The maximum Gasteiger partial charge on any atom is 0.258 e. The zero-order valence-electron chi connectivity index (χ0n) is 32.7. The van der Waals surface area contributed by atoms with Gasteiger partial charge in [0.1, 0.15) is 0 Å². The fraction of sp³-hybridized carbons (Fsp3) is 0.143. The van der Waals surface area contributed by atoms with Crippen LogP contribution in [0.3, 0.4) is 0 Å². The number of rotatable bonds is 14.